The SMILES string of the molecule is CN(C)C(CNC(=O)c1ccnc2ccncc12)c1cccs1. The molecular formula is C17H18N4OS. The van der Waals surface area contributed by atoms with Crippen molar-refractivity contribution in [2.24, 2.45) is 0 Å². The summed E-state index contributed by atoms with van der Waals surface area (Å²) < 4.78 is 0. The number of hydrogen-bond acceptors (Lipinski definition) is 5. The van der Waals surface area contributed by atoms with Crippen molar-refractivity contribution in [3.8, 4) is 0 Å². The molecule has 1 atom stereocenters. The normalized spacial score (nSPS) is 12.5. The second-order valence-electron chi connectivity index (χ2n) is 5.46. The van der Waals surface area contributed by atoms with Gasteiger partial charge in [0.25, 0.3) is 5.91 Å². The van der Waals surface area contributed by atoms with Crippen LogP contribution in [0.25, 0.3) is 10.9 Å². The van der Waals surface area contributed by atoms with Crippen molar-refractivity contribution in [1.29, 1.82) is 0 Å². The highest BCUT2D eigenvalue weighted by molar-refractivity contribution is 7.10. The van der Waals surface area contributed by atoms with Gasteiger partial charge in [-0.2, -0.15) is 0 Å². The monoisotopic (exact) mass is 326 g/mol. The number of likely N-dealkylation sites (N-methyl/N-ethyl adjacent to an activating group) is 1. The molecule has 0 saturated heterocycles. The second kappa shape index (κ2) is 6.85. The molecule has 6 heteroatoms. The van der Waals surface area contributed by atoms with E-state index in [1.807, 2.05) is 20.2 Å². The summed E-state index contributed by atoms with van der Waals surface area (Å²) in [7, 11) is 4.03. The lowest BCUT2D eigenvalue weighted by atomic mass is 10.1. The van der Waals surface area contributed by atoms with Gasteiger partial charge in [-0.05, 0) is 37.7 Å². The molecule has 118 valence electrons. The number of carbonyl (C=O) groups excluding carboxylic acids is 1. The highest BCUT2D eigenvalue weighted by atomic mass is 32.1. The summed E-state index contributed by atoms with van der Waals surface area (Å²) in [6, 6.07) is 7.81. The fourth-order valence-electron chi connectivity index (χ4n) is 2.49. The largest absolute Gasteiger partial charge is 0.350 e. The molecule has 0 aliphatic carbocycles. The molecule has 3 heterocycles. The number of nitrogens with zero attached hydrogens (tertiary/aromatic N) is 3. The van der Waals surface area contributed by atoms with Gasteiger partial charge in [-0.3, -0.25) is 14.8 Å². The number of carbonyl (C=O) groups is 1. The molecular weight excluding hydrogens is 308 g/mol. The lowest BCUT2D eigenvalue weighted by Gasteiger charge is -2.23. The Morgan fingerprint density at radius 3 is 2.91 bits per heavy atom. The minimum Gasteiger partial charge on any atom is -0.350 e. The van der Waals surface area contributed by atoms with E-state index in [1.165, 1.54) is 4.88 Å². The van der Waals surface area contributed by atoms with Gasteiger partial charge < -0.3 is 10.2 Å². The van der Waals surface area contributed by atoms with E-state index in [9.17, 15) is 4.79 Å². The van der Waals surface area contributed by atoms with Gasteiger partial charge in [0.1, 0.15) is 0 Å². The van der Waals surface area contributed by atoms with Gasteiger partial charge in [-0.1, -0.05) is 6.07 Å². The van der Waals surface area contributed by atoms with Crippen LogP contribution in [0.1, 0.15) is 21.3 Å². The highest BCUT2D eigenvalue weighted by Crippen LogP contribution is 2.22. The summed E-state index contributed by atoms with van der Waals surface area (Å²) in [5.74, 6) is -0.103. The number of aromatic nitrogens is 2. The Balaban J connectivity index is 1.78. The molecule has 0 bridgehead atoms. The Morgan fingerprint density at radius 1 is 1.30 bits per heavy atom. The predicted octanol–water partition coefficient (Wildman–Crippen LogP) is 2.72. The molecule has 1 N–H and O–H groups in total. The molecule has 1 amide bonds. The van der Waals surface area contributed by atoms with E-state index in [2.05, 4.69) is 31.6 Å². The Bertz CT molecular complexity index is 796. The molecule has 23 heavy (non-hydrogen) atoms. The average Bonchev–Trinajstić information content (AvgIpc) is 3.08. The third-order valence-electron chi connectivity index (χ3n) is 3.74. The molecule has 0 saturated carbocycles. The summed E-state index contributed by atoms with van der Waals surface area (Å²) >= 11 is 1.70. The average molecular weight is 326 g/mol. The second-order valence-corrected chi connectivity index (χ2v) is 6.44. The van der Waals surface area contributed by atoms with E-state index in [4.69, 9.17) is 0 Å². The molecule has 3 rings (SSSR count). The third kappa shape index (κ3) is 3.38. The van der Waals surface area contributed by atoms with Crippen molar-refractivity contribution in [2.45, 2.75) is 6.04 Å². The number of pyridine rings is 2. The van der Waals surface area contributed by atoms with Gasteiger partial charge in [-0.15, -0.1) is 11.3 Å². The van der Waals surface area contributed by atoms with Gasteiger partial charge in [0.15, 0.2) is 0 Å². The molecule has 0 spiro atoms. The fraction of sp³-hybridized carbons (Fsp3) is 0.235. The maximum atomic E-state index is 12.6. The first-order chi connectivity index (χ1) is 11.2. The van der Waals surface area contributed by atoms with E-state index in [0.717, 1.165) is 10.9 Å². The molecule has 3 aromatic heterocycles. The molecule has 0 aromatic carbocycles. The van der Waals surface area contributed by atoms with Crippen LogP contribution in [0.15, 0.2) is 48.2 Å². The highest BCUT2D eigenvalue weighted by Gasteiger charge is 2.17. The zero-order chi connectivity index (χ0) is 16.2. The number of amides is 1. The number of rotatable bonds is 5. The molecule has 3 aromatic rings. The van der Waals surface area contributed by atoms with Crippen LogP contribution in [-0.2, 0) is 0 Å². The molecule has 0 aliphatic rings. The summed E-state index contributed by atoms with van der Waals surface area (Å²) in [6.45, 7) is 0.552. The van der Waals surface area contributed by atoms with E-state index < -0.39 is 0 Å². The molecule has 0 radical (unpaired) electrons. The Kier molecular flexibility index (Phi) is 4.64. The van der Waals surface area contributed by atoms with Crippen LogP contribution in [0, 0.1) is 0 Å². The van der Waals surface area contributed by atoms with Crippen molar-refractivity contribution in [3.63, 3.8) is 0 Å². The fourth-order valence-corrected chi connectivity index (χ4v) is 3.41. The summed E-state index contributed by atoms with van der Waals surface area (Å²) in [4.78, 5) is 24.3. The van der Waals surface area contributed by atoms with Crippen LogP contribution < -0.4 is 5.32 Å². The van der Waals surface area contributed by atoms with Crippen LogP contribution >= 0.6 is 11.3 Å². The summed E-state index contributed by atoms with van der Waals surface area (Å²) in [5.41, 5.74) is 1.38. The van der Waals surface area contributed by atoms with E-state index in [1.54, 1.807) is 42.1 Å². The van der Waals surface area contributed by atoms with Crippen molar-refractivity contribution in [3.05, 3.63) is 58.7 Å². The lowest BCUT2D eigenvalue weighted by molar-refractivity contribution is 0.0944. The molecule has 0 fully saturated rings. The summed E-state index contributed by atoms with van der Waals surface area (Å²) in [6.07, 6.45) is 5.01. The van der Waals surface area contributed by atoms with Gasteiger partial charge in [-0.25, -0.2) is 0 Å². The van der Waals surface area contributed by atoms with Crippen molar-refractivity contribution in [1.82, 2.24) is 20.2 Å². The first-order valence-corrected chi connectivity index (χ1v) is 8.21. The minimum absolute atomic E-state index is 0.103. The Morgan fingerprint density at radius 2 is 2.17 bits per heavy atom. The van der Waals surface area contributed by atoms with Gasteiger partial charge in [0.05, 0.1) is 17.1 Å². The van der Waals surface area contributed by atoms with Gasteiger partial charge >= 0.3 is 0 Å². The first kappa shape index (κ1) is 15.6. The number of fused-ring (bicyclic) bond motifs is 1. The van der Waals surface area contributed by atoms with Crippen molar-refractivity contribution >= 4 is 28.1 Å². The maximum Gasteiger partial charge on any atom is 0.252 e. The van der Waals surface area contributed by atoms with E-state index in [-0.39, 0.29) is 11.9 Å². The Hall–Kier alpha value is -2.31. The lowest BCUT2D eigenvalue weighted by Crippen LogP contribution is -2.34. The Labute approximate surface area is 139 Å². The van der Waals surface area contributed by atoms with Crippen molar-refractivity contribution < 1.29 is 4.79 Å². The van der Waals surface area contributed by atoms with Crippen LogP contribution in [-0.4, -0.2) is 41.4 Å². The zero-order valence-corrected chi connectivity index (χ0v) is 13.9. The van der Waals surface area contributed by atoms with Gasteiger partial charge in [0.2, 0.25) is 0 Å². The predicted molar refractivity (Wildman–Crippen MR) is 92.6 cm³/mol. The topological polar surface area (TPSA) is 58.1 Å². The molecule has 1 unspecified atom stereocenters. The standard InChI is InChI=1S/C17H18N4OS/c1-21(2)15(16-4-3-9-23-16)11-20-17(22)12-5-8-19-14-6-7-18-10-13(12)14/h3-10,15H,11H2,1-2H3,(H,20,22). The quantitative estimate of drug-likeness (QED) is 0.783. The van der Waals surface area contributed by atoms with Gasteiger partial charge in [0, 0.05) is 35.4 Å². The van der Waals surface area contributed by atoms with Crippen LogP contribution in [0.2, 0.25) is 0 Å². The first-order valence-electron chi connectivity index (χ1n) is 7.33. The van der Waals surface area contributed by atoms with E-state index >= 15 is 0 Å². The number of thiophene rings is 1. The zero-order valence-electron chi connectivity index (χ0n) is 13.1. The van der Waals surface area contributed by atoms with Crippen LogP contribution in [0.4, 0.5) is 0 Å². The van der Waals surface area contributed by atoms with Crippen LogP contribution in [0.3, 0.4) is 0 Å². The smallest absolute Gasteiger partial charge is 0.252 e. The van der Waals surface area contributed by atoms with E-state index in [0.29, 0.717) is 12.1 Å². The minimum atomic E-state index is -0.103. The maximum absolute atomic E-state index is 12.6. The molecule has 0 aliphatic heterocycles. The van der Waals surface area contributed by atoms with Crippen LogP contribution in [0.5, 0.6) is 0 Å². The number of hydrogen-bond donors (Lipinski definition) is 1. The molecule has 5 nitrogen and oxygen atoms in total. The third-order valence-corrected chi connectivity index (χ3v) is 4.71. The summed E-state index contributed by atoms with van der Waals surface area (Å²) in [5, 5.41) is 5.85. The number of nitrogens with one attached hydrogen (secondary N) is 1. The van der Waals surface area contributed by atoms with Crippen molar-refractivity contribution in [2.75, 3.05) is 20.6 Å².